The molecule has 1 N–H and O–H groups in total. The zero-order valence-electron chi connectivity index (χ0n) is 14.5. The van der Waals surface area contributed by atoms with Crippen LogP contribution in [-0.4, -0.2) is 16.8 Å². The summed E-state index contributed by atoms with van der Waals surface area (Å²) in [6.07, 6.45) is 6.14. The van der Waals surface area contributed by atoms with Gasteiger partial charge in [-0.3, -0.25) is 0 Å². The normalized spacial score (nSPS) is 15.6. The van der Waals surface area contributed by atoms with Gasteiger partial charge >= 0.3 is 0 Å². The van der Waals surface area contributed by atoms with Crippen LogP contribution in [0.3, 0.4) is 0 Å². The molecule has 0 saturated heterocycles. The highest BCUT2D eigenvalue weighted by Crippen LogP contribution is 2.32. The number of hydrogen-bond acceptors (Lipinski definition) is 3. The number of nitrogens with one attached hydrogen (secondary N) is 1. The Kier molecular flexibility index (Phi) is 5.51. The largest absolute Gasteiger partial charge is 0.473 e. The summed E-state index contributed by atoms with van der Waals surface area (Å²) in [4.78, 5) is 0. The summed E-state index contributed by atoms with van der Waals surface area (Å²) in [5.41, 5.74) is 2.91. The van der Waals surface area contributed by atoms with Crippen LogP contribution in [0.25, 0.3) is 0 Å². The van der Waals surface area contributed by atoms with E-state index in [2.05, 4.69) is 10.00 Å². The summed E-state index contributed by atoms with van der Waals surface area (Å²) in [5.74, 6) is 0.607. The van der Waals surface area contributed by atoms with Gasteiger partial charge in [0.2, 0.25) is 5.88 Å². The average Bonchev–Trinajstić information content (AvgIpc) is 2.98. The Morgan fingerprint density at radius 3 is 2.75 bits per heavy atom. The van der Waals surface area contributed by atoms with E-state index in [0.717, 1.165) is 42.1 Å². The number of rotatable bonds is 6. The van der Waals surface area contributed by atoms with Gasteiger partial charge in [-0.15, -0.1) is 0 Å². The van der Waals surface area contributed by atoms with Gasteiger partial charge in [-0.25, -0.2) is 9.07 Å². The molecule has 5 heteroatoms. The van der Waals surface area contributed by atoms with Crippen molar-refractivity contribution in [1.82, 2.24) is 15.1 Å². The molecule has 0 bridgehead atoms. The van der Waals surface area contributed by atoms with E-state index >= 15 is 0 Å². The summed E-state index contributed by atoms with van der Waals surface area (Å²) in [7, 11) is 1.92. The van der Waals surface area contributed by atoms with E-state index < -0.39 is 0 Å². The maximum Gasteiger partial charge on any atom is 0.212 e. The fraction of sp³-hybridized carbons (Fsp3) is 0.526. The first-order valence-electron chi connectivity index (χ1n) is 8.78. The Morgan fingerprint density at radius 1 is 1.25 bits per heavy atom. The predicted octanol–water partition coefficient (Wildman–Crippen LogP) is 4.13. The molecule has 0 spiro atoms. The molecule has 1 aliphatic carbocycles. The van der Waals surface area contributed by atoms with E-state index in [1.807, 2.05) is 20.0 Å². The minimum absolute atomic E-state index is 0.209. The molecule has 0 atom stereocenters. The molecule has 1 heterocycles. The van der Waals surface area contributed by atoms with Gasteiger partial charge in [0.25, 0.3) is 0 Å². The lowest BCUT2D eigenvalue weighted by molar-refractivity contribution is 0.237. The van der Waals surface area contributed by atoms with Crippen molar-refractivity contribution >= 4 is 0 Å². The van der Waals surface area contributed by atoms with E-state index in [0.29, 0.717) is 12.6 Å². The first kappa shape index (κ1) is 17.0. The topological polar surface area (TPSA) is 39.1 Å². The van der Waals surface area contributed by atoms with Crippen LogP contribution in [0.5, 0.6) is 5.88 Å². The van der Waals surface area contributed by atoms with Crippen molar-refractivity contribution in [3.05, 3.63) is 46.9 Å². The van der Waals surface area contributed by atoms with Crippen molar-refractivity contribution in [3.63, 3.8) is 0 Å². The summed E-state index contributed by atoms with van der Waals surface area (Å²) < 4.78 is 21.4. The van der Waals surface area contributed by atoms with Gasteiger partial charge in [-0.2, -0.15) is 5.10 Å². The smallest absolute Gasteiger partial charge is 0.212 e. The van der Waals surface area contributed by atoms with E-state index in [9.17, 15) is 4.39 Å². The molecular weight excluding hydrogens is 305 g/mol. The fourth-order valence-corrected chi connectivity index (χ4v) is 3.36. The molecule has 1 aromatic carbocycles. The summed E-state index contributed by atoms with van der Waals surface area (Å²) in [6.45, 7) is 3.07. The molecule has 0 radical (unpaired) electrons. The van der Waals surface area contributed by atoms with Gasteiger partial charge in [0.05, 0.1) is 11.7 Å². The Labute approximate surface area is 143 Å². The van der Waals surface area contributed by atoms with Gasteiger partial charge in [0.1, 0.15) is 12.4 Å². The first-order valence-corrected chi connectivity index (χ1v) is 8.78. The molecule has 0 amide bonds. The molecule has 4 nitrogen and oxygen atoms in total. The van der Waals surface area contributed by atoms with Crippen molar-refractivity contribution in [1.29, 1.82) is 0 Å². The lowest BCUT2D eigenvalue weighted by Gasteiger charge is -2.23. The molecular formula is C19H26FN3O. The Hall–Kier alpha value is -1.88. The highest BCUT2D eigenvalue weighted by Gasteiger charge is 2.21. The average molecular weight is 331 g/mol. The van der Waals surface area contributed by atoms with Crippen molar-refractivity contribution in [2.45, 2.75) is 58.2 Å². The molecule has 1 aromatic heterocycles. The monoisotopic (exact) mass is 331 g/mol. The number of benzene rings is 1. The predicted molar refractivity (Wildman–Crippen MR) is 92.6 cm³/mol. The van der Waals surface area contributed by atoms with E-state index in [1.165, 1.54) is 25.3 Å². The maximum atomic E-state index is 13.2. The second kappa shape index (κ2) is 7.79. The van der Waals surface area contributed by atoms with Crippen molar-refractivity contribution in [2.24, 2.45) is 0 Å². The minimum atomic E-state index is -0.209. The number of nitrogens with zero attached hydrogens (tertiary/aromatic N) is 2. The van der Waals surface area contributed by atoms with Crippen LogP contribution < -0.4 is 10.1 Å². The van der Waals surface area contributed by atoms with Crippen molar-refractivity contribution in [2.75, 3.05) is 7.05 Å². The van der Waals surface area contributed by atoms with Gasteiger partial charge < -0.3 is 10.1 Å². The summed E-state index contributed by atoms with van der Waals surface area (Å²) in [6, 6.07) is 7.26. The lowest BCUT2D eigenvalue weighted by atomic mass is 9.96. The number of hydrogen-bond donors (Lipinski definition) is 1. The summed E-state index contributed by atoms with van der Waals surface area (Å²) in [5, 5.41) is 7.89. The zero-order chi connectivity index (χ0) is 16.9. The van der Waals surface area contributed by atoms with Crippen LogP contribution in [0.1, 0.15) is 55.0 Å². The Balaban J connectivity index is 1.77. The van der Waals surface area contributed by atoms with Crippen LogP contribution in [0.4, 0.5) is 4.39 Å². The fourth-order valence-electron chi connectivity index (χ4n) is 3.36. The summed E-state index contributed by atoms with van der Waals surface area (Å²) >= 11 is 0. The number of aromatic nitrogens is 2. The van der Waals surface area contributed by atoms with Gasteiger partial charge in [-0.1, -0.05) is 25.3 Å². The molecule has 3 rings (SSSR count). The van der Waals surface area contributed by atoms with Crippen LogP contribution >= 0.6 is 0 Å². The third-order valence-corrected chi connectivity index (χ3v) is 4.71. The maximum absolute atomic E-state index is 13.2. The quantitative estimate of drug-likeness (QED) is 0.865. The van der Waals surface area contributed by atoms with Crippen molar-refractivity contribution in [3.8, 4) is 5.88 Å². The van der Waals surface area contributed by atoms with Crippen LogP contribution in [0.2, 0.25) is 0 Å². The zero-order valence-corrected chi connectivity index (χ0v) is 14.5. The Bertz CT molecular complexity index is 677. The van der Waals surface area contributed by atoms with Crippen LogP contribution in [-0.2, 0) is 13.2 Å². The molecule has 1 aliphatic rings. The third-order valence-electron chi connectivity index (χ3n) is 4.71. The minimum Gasteiger partial charge on any atom is -0.473 e. The lowest BCUT2D eigenvalue weighted by Crippen LogP contribution is -2.16. The molecule has 1 fully saturated rings. The molecule has 1 saturated carbocycles. The van der Waals surface area contributed by atoms with Crippen molar-refractivity contribution < 1.29 is 9.13 Å². The van der Waals surface area contributed by atoms with E-state index in [-0.39, 0.29) is 5.82 Å². The second-order valence-corrected chi connectivity index (χ2v) is 6.60. The molecule has 0 unspecified atom stereocenters. The van der Waals surface area contributed by atoms with Crippen LogP contribution in [0.15, 0.2) is 24.3 Å². The van der Waals surface area contributed by atoms with E-state index in [4.69, 9.17) is 9.84 Å². The second-order valence-electron chi connectivity index (χ2n) is 6.60. The Morgan fingerprint density at radius 2 is 2.04 bits per heavy atom. The highest BCUT2D eigenvalue weighted by atomic mass is 19.1. The standard InChI is InChI=1S/C19H26FN3O/c1-14-10-16(20)9-8-15(14)13-24-19-11-17(12-21-2)22-23(19)18-6-4-3-5-7-18/h8-11,18,21H,3-7,12-13H2,1-2H3. The van der Waals surface area contributed by atoms with Gasteiger partial charge in [0.15, 0.2) is 0 Å². The third kappa shape index (κ3) is 3.96. The first-order chi connectivity index (χ1) is 11.7. The molecule has 130 valence electrons. The SMILES string of the molecule is CNCc1cc(OCc2ccc(F)cc2C)n(C2CCCCC2)n1. The number of aryl methyl sites for hydroxylation is 1. The van der Waals surface area contributed by atoms with Gasteiger partial charge in [0, 0.05) is 12.6 Å². The van der Waals surface area contributed by atoms with E-state index in [1.54, 1.807) is 12.1 Å². The van der Waals surface area contributed by atoms with Crippen LogP contribution in [0, 0.1) is 12.7 Å². The number of halogens is 1. The molecule has 0 aliphatic heterocycles. The number of ether oxygens (including phenoxy) is 1. The molecule has 2 aromatic rings. The highest BCUT2D eigenvalue weighted by molar-refractivity contribution is 5.27. The van der Waals surface area contributed by atoms with Gasteiger partial charge in [-0.05, 0) is 50.1 Å². The molecule has 24 heavy (non-hydrogen) atoms.